The van der Waals surface area contributed by atoms with E-state index in [1.54, 1.807) is 0 Å². The summed E-state index contributed by atoms with van der Waals surface area (Å²) in [6, 6.07) is 0. The molecule has 0 bridgehead atoms. The number of pyridine rings is 1. The van der Waals surface area contributed by atoms with Crippen molar-refractivity contribution < 1.29 is 14.6 Å². The number of aromatic nitrogens is 1. The average Bonchev–Trinajstić information content (AvgIpc) is 2.48. The minimum atomic E-state index is -1.04. The Hall–Kier alpha value is -1.14. The number of piperidine rings is 1. The standard InChI is InChI=1S/C19H29BrN2O3/c1-11-7-9-22(10-8-11)16-14(12(2)21-13(3)15(16)20)17(18(23)24)25-19(4,5)6/h11,17H,7-10H2,1-6H3,(H,23,24). The quantitative estimate of drug-likeness (QED) is 0.779. The SMILES string of the molecule is Cc1nc(C)c(C(OC(C)(C)C)C(=O)O)c(N2CCC(C)CC2)c1Br. The van der Waals surface area contributed by atoms with Gasteiger partial charge in [-0.25, -0.2) is 4.79 Å². The van der Waals surface area contributed by atoms with Crippen LogP contribution in [0.3, 0.4) is 0 Å². The van der Waals surface area contributed by atoms with Crippen molar-refractivity contribution in [3.05, 3.63) is 21.4 Å². The van der Waals surface area contributed by atoms with Gasteiger partial charge in [-0.1, -0.05) is 6.92 Å². The number of carboxylic acid groups (broad SMARTS) is 1. The topological polar surface area (TPSA) is 62.7 Å². The van der Waals surface area contributed by atoms with Crippen molar-refractivity contribution >= 4 is 27.6 Å². The number of carboxylic acids is 1. The fourth-order valence-corrected chi connectivity index (χ4v) is 3.82. The Labute approximate surface area is 158 Å². The molecule has 5 nitrogen and oxygen atoms in total. The molecule has 1 aromatic rings. The number of carbonyl (C=O) groups is 1. The first-order valence-electron chi connectivity index (χ1n) is 8.83. The normalized spacial score (nSPS) is 17.6. The molecule has 1 atom stereocenters. The fourth-order valence-electron chi connectivity index (χ4n) is 3.26. The highest BCUT2D eigenvalue weighted by atomic mass is 79.9. The molecule has 140 valence electrons. The number of aryl methyl sites for hydroxylation is 2. The van der Waals surface area contributed by atoms with Crippen LogP contribution in [-0.2, 0) is 9.53 Å². The van der Waals surface area contributed by atoms with Gasteiger partial charge in [0.05, 0.1) is 21.5 Å². The van der Waals surface area contributed by atoms with Gasteiger partial charge in [0.2, 0.25) is 0 Å². The molecule has 0 radical (unpaired) electrons. The Balaban J connectivity index is 2.58. The Morgan fingerprint density at radius 1 is 1.28 bits per heavy atom. The molecule has 6 heteroatoms. The van der Waals surface area contributed by atoms with Crippen LogP contribution in [0.5, 0.6) is 0 Å². The van der Waals surface area contributed by atoms with Gasteiger partial charge in [0, 0.05) is 24.3 Å². The van der Waals surface area contributed by atoms with Crippen molar-refractivity contribution in [3.8, 4) is 0 Å². The summed E-state index contributed by atoms with van der Waals surface area (Å²) in [5.41, 5.74) is 2.60. The number of nitrogens with zero attached hydrogens (tertiary/aromatic N) is 2. The molecular formula is C19H29BrN2O3. The van der Waals surface area contributed by atoms with Gasteiger partial charge in [-0.2, -0.15) is 0 Å². The van der Waals surface area contributed by atoms with E-state index < -0.39 is 17.7 Å². The first-order valence-corrected chi connectivity index (χ1v) is 9.62. The molecular weight excluding hydrogens is 384 g/mol. The summed E-state index contributed by atoms with van der Waals surface area (Å²) < 4.78 is 6.79. The Bertz CT molecular complexity index is 647. The van der Waals surface area contributed by atoms with Crippen LogP contribution in [0.15, 0.2) is 4.47 Å². The van der Waals surface area contributed by atoms with Crippen LogP contribution in [-0.4, -0.2) is 34.8 Å². The maximum atomic E-state index is 12.0. The maximum Gasteiger partial charge on any atom is 0.337 e. The van der Waals surface area contributed by atoms with E-state index in [-0.39, 0.29) is 0 Å². The van der Waals surface area contributed by atoms with Gasteiger partial charge in [0.25, 0.3) is 0 Å². The summed E-state index contributed by atoms with van der Waals surface area (Å²) in [4.78, 5) is 18.9. The number of ether oxygens (including phenoxy) is 1. The van der Waals surface area contributed by atoms with Crippen LogP contribution < -0.4 is 4.90 Å². The molecule has 1 unspecified atom stereocenters. The van der Waals surface area contributed by atoms with Crippen LogP contribution in [0.1, 0.15) is 63.6 Å². The number of hydrogen-bond donors (Lipinski definition) is 1. The van der Waals surface area contributed by atoms with E-state index in [1.807, 2.05) is 34.6 Å². The first kappa shape index (κ1) is 20.2. The van der Waals surface area contributed by atoms with Crippen molar-refractivity contribution in [3.63, 3.8) is 0 Å². The Morgan fingerprint density at radius 2 is 1.84 bits per heavy atom. The zero-order valence-electron chi connectivity index (χ0n) is 16.0. The van der Waals surface area contributed by atoms with Crippen LogP contribution in [0, 0.1) is 19.8 Å². The molecule has 1 N–H and O–H groups in total. The van der Waals surface area contributed by atoms with Crippen LogP contribution >= 0.6 is 15.9 Å². The predicted octanol–water partition coefficient (Wildman–Crippen LogP) is 4.64. The van der Waals surface area contributed by atoms with Crippen LogP contribution in [0.25, 0.3) is 0 Å². The molecule has 2 rings (SSSR count). The zero-order valence-corrected chi connectivity index (χ0v) is 17.6. The molecule has 1 aliphatic heterocycles. The highest BCUT2D eigenvalue weighted by molar-refractivity contribution is 9.10. The molecule has 0 amide bonds. The lowest BCUT2D eigenvalue weighted by atomic mass is 9.96. The van der Waals surface area contributed by atoms with Crippen molar-refractivity contribution in [2.45, 2.75) is 66.1 Å². The lowest BCUT2D eigenvalue weighted by Crippen LogP contribution is -2.36. The number of anilines is 1. The second-order valence-corrected chi connectivity index (χ2v) is 8.77. The molecule has 0 saturated carbocycles. The summed E-state index contributed by atoms with van der Waals surface area (Å²) in [5.74, 6) is -0.286. The first-order chi connectivity index (χ1) is 11.5. The van der Waals surface area contributed by atoms with E-state index in [1.165, 1.54) is 0 Å². The van der Waals surface area contributed by atoms with Crippen LogP contribution in [0.4, 0.5) is 5.69 Å². The second-order valence-electron chi connectivity index (χ2n) is 7.98. The predicted molar refractivity (Wildman–Crippen MR) is 103 cm³/mol. The van der Waals surface area contributed by atoms with Crippen LogP contribution in [0.2, 0.25) is 0 Å². The summed E-state index contributed by atoms with van der Waals surface area (Å²) in [6.07, 6.45) is 1.16. The number of aliphatic carboxylic acids is 1. The number of rotatable bonds is 4. The van der Waals surface area contributed by atoms with Crippen molar-refractivity contribution in [1.29, 1.82) is 0 Å². The minimum Gasteiger partial charge on any atom is -0.479 e. The monoisotopic (exact) mass is 412 g/mol. The second kappa shape index (κ2) is 7.62. The van der Waals surface area contributed by atoms with Gasteiger partial charge in [0.1, 0.15) is 0 Å². The summed E-state index contributed by atoms with van der Waals surface area (Å²) >= 11 is 3.66. The summed E-state index contributed by atoms with van der Waals surface area (Å²) in [7, 11) is 0. The van der Waals surface area contributed by atoms with Crippen molar-refractivity contribution in [2.24, 2.45) is 5.92 Å². The molecule has 0 aromatic carbocycles. The number of hydrogen-bond acceptors (Lipinski definition) is 4. The van der Waals surface area contributed by atoms with Gasteiger partial charge in [-0.15, -0.1) is 0 Å². The third-order valence-corrected chi connectivity index (χ3v) is 5.51. The molecule has 1 aromatic heterocycles. The van der Waals surface area contributed by atoms with Gasteiger partial charge in [0.15, 0.2) is 6.10 Å². The highest BCUT2D eigenvalue weighted by Crippen LogP contribution is 2.41. The molecule has 1 saturated heterocycles. The molecule has 0 spiro atoms. The zero-order chi connectivity index (χ0) is 18.9. The molecule has 2 heterocycles. The minimum absolute atomic E-state index is 0.569. The average molecular weight is 413 g/mol. The molecule has 25 heavy (non-hydrogen) atoms. The lowest BCUT2D eigenvalue weighted by Gasteiger charge is -2.36. The van der Waals surface area contributed by atoms with Crippen molar-refractivity contribution in [2.75, 3.05) is 18.0 Å². The van der Waals surface area contributed by atoms with Gasteiger partial charge >= 0.3 is 5.97 Å². The third kappa shape index (κ3) is 4.73. The van der Waals surface area contributed by atoms with E-state index in [0.29, 0.717) is 17.2 Å². The highest BCUT2D eigenvalue weighted by Gasteiger charge is 2.34. The smallest absolute Gasteiger partial charge is 0.337 e. The molecule has 1 aliphatic rings. The van der Waals surface area contributed by atoms with Gasteiger partial charge in [-0.05, 0) is 69.3 Å². The van der Waals surface area contributed by atoms with E-state index >= 15 is 0 Å². The van der Waals surface area contributed by atoms with Crippen molar-refractivity contribution in [1.82, 2.24) is 4.98 Å². The Kier molecular flexibility index (Phi) is 6.15. The Morgan fingerprint density at radius 3 is 2.32 bits per heavy atom. The van der Waals surface area contributed by atoms with Gasteiger partial charge < -0.3 is 14.7 Å². The maximum absolute atomic E-state index is 12.0. The van der Waals surface area contributed by atoms with Gasteiger partial charge in [-0.3, -0.25) is 4.98 Å². The van der Waals surface area contributed by atoms with E-state index in [4.69, 9.17) is 4.74 Å². The molecule has 1 fully saturated rings. The lowest BCUT2D eigenvalue weighted by molar-refractivity contribution is -0.160. The van der Waals surface area contributed by atoms with E-state index in [0.717, 1.165) is 41.8 Å². The van der Waals surface area contributed by atoms with E-state index in [9.17, 15) is 9.90 Å². The largest absolute Gasteiger partial charge is 0.479 e. The fraction of sp³-hybridized carbons (Fsp3) is 0.684. The third-order valence-electron chi connectivity index (χ3n) is 4.56. The summed E-state index contributed by atoms with van der Waals surface area (Å²) in [6.45, 7) is 13.5. The number of halogens is 1. The molecule has 0 aliphatic carbocycles. The van der Waals surface area contributed by atoms with E-state index in [2.05, 4.69) is 32.7 Å². The summed E-state index contributed by atoms with van der Waals surface area (Å²) in [5, 5.41) is 9.85.